The van der Waals surface area contributed by atoms with Crippen LogP contribution in [-0.4, -0.2) is 50.6 Å². The summed E-state index contributed by atoms with van der Waals surface area (Å²) in [5.74, 6) is -0.365. The number of nitrogens with zero attached hydrogens (tertiary/aromatic N) is 4. The van der Waals surface area contributed by atoms with Gasteiger partial charge in [0.2, 0.25) is 5.91 Å². The van der Waals surface area contributed by atoms with E-state index in [4.69, 9.17) is 0 Å². The van der Waals surface area contributed by atoms with Crippen LogP contribution in [0.1, 0.15) is 37.7 Å². The van der Waals surface area contributed by atoms with Gasteiger partial charge >= 0.3 is 0 Å². The second-order valence-corrected chi connectivity index (χ2v) is 7.80. The van der Waals surface area contributed by atoms with Gasteiger partial charge in [-0.2, -0.15) is 5.26 Å². The van der Waals surface area contributed by atoms with Crippen molar-refractivity contribution in [1.29, 1.82) is 5.26 Å². The maximum Gasteiger partial charge on any atom is 0.238 e. The standard InChI is InChI=1S/C20H25FN4O/c1-23-9-11-24(12-10-23)15-13-16(21)18-17(14-15)25(8-7-22)19(26)20(18)5-3-2-4-6-20/h13-14H,2-6,8-12H2,1H3. The molecule has 2 aliphatic heterocycles. The Hall–Kier alpha value is -2.13. The molecule has 26 heavy (non-hydrogen) atoms. The van der Waals surface area contributed by atoms with Crippen LogP contribution in [-0.2, 0) is 10.2 Å². The largest absolute Gasteiger partial charge is 0.369 e. The summed E-state index contributed by atoms with van der Waals surface area (Å²) < 4.78 is 15.3. The molecule has 0 aromatic heterocycles. The fourth-order valence-corrected chi connectivity index (χ4v) is 4.83. The number of nitriles is 1. The van der Waals surface area contributed by atoms with Gasteiger partial charge in [0.05, 0.1) is 17.2 Å². The molecule has 5 nitrogen and oxygen atoms in total. The van der Waals surface area contributed by atoms with Crippen molar-refractivity contribution in [2.45, 2.75) is 37.5 Å². The van der Waals surface area contributed by atoms with E-state index in [1.54, 1.807) is 6.07 Å². The quantitative estimate of drug-likeness (QED) is 0.765. The summed E-state index contributed by atoms with van der Waals surface area (Å²) in [4.78, 5) is 19.1. The van der Waals surface area contributed by atoms with Crippen molar-refractivity contribution in [3.8, 4) is 6.07 Å². The molecule has 1 aliphatic carbocycles. The lowest BCUT2D eigenvalue weighted by Crippen LogP contribution is -2.44. The Morgan fingerprint density at radius 2 is 1.85 bits per heavy atom. The summed E-state index contributed by atoms with van der Waals surface area (Å²) in [5, 5.41) is 9.22. The number of carbonyl (C=O) groups is 1. The van der Waals surface area contributed by atoms with Gasteiger partial charge in [-0.25, -0.2) is 4.39 Å². The molecule has 1 amide bonds. The zero-order valence-corrected chi connectivity index (χ0v) is 15.3. The highest BCUT2D eigenvalue weighted by Gasteiger charge is 2.52. The van der Waals surface area contributed by atoms with Gasteiger partial charge in [0.15, 0.2) is 0 Å². The average molecular weight is 356 g/mol. The first-order chi connectivity index (χ1) is 12.6. The molecular weight excluding hydrogens is 331 g/mol. The van der Waals surface area contributed by atoms with Crippen LogP contribution in [0.15, 0.2) is 12.1 Å². The van der Waals surface area contributed by atoms with Crippen LogP contribution in [0, 0.1) is 17.1 Å². The molecule has 138 valence electrons. The van der Waals surface area contributed by atoms with Crippen LogP contribution < -0.4 is 9.80 Å². The molecule has 0 unspecified atom stereocenters. The summed E-state index contributed by atoms with van der Waals surface area (Å²) in [6.07, 6.45) is 4.33. The maximum absolute atomic E-state index is 15.3. The maximum atomic E-state index is 15.3. The molecule has 6 heteroatoms. The number of likely N-dealkylation sites (N-methyl/N-ethyl adjacent to an activating group) is 1. The van der Waals surface area contributed by atoms with Crippen molar-refractivity contribution in [2.75, 3.05) is 49.6 Å². The van der Waals surface area contributed by atoms with Gasteiger partial charge in [-0.15, -0.1) is 0 Å². The molecule has 0 radical (unpaired) electrons. The van der Waals surface area contributed by atoms with E-state index < -0.39 is 5.41 Å². The van der Waals surface area contributed by atoms with Gasteiger partial charge in [0.1, 0.15) is 12.4 Å². The number of anilines is 2. The lowest BCUT2D eigenvalue weighted by Gasteiger charge is -2.35. The van der Waals surface area contributed by atoms with Crippen LogP contribution >= 0.6 is 0 Å². The molecule has 1 saturated carbocycles. The fraction of sp³-hybridized carbons (Fsp3) is 0.600. The van der Waals surface area contributed by atoms with E-state index in [2.05, 4.69) is 22.9 Å². The predicted octanol–water partition coefficient (Wildman–Crippen LogP) is 2.65. The number of halogens is 1. The SMILES string of the molecule is CN1CCN(c2cc(F)c3c(c2)N(CC#N)C(=O)C32CCCCC2)CC1. The monoisotopic (exact) mass is 356 g/mol. The number of rotatable bonds is 2. The molecule has 0 atom stereocenters. The van der Waals surface area contributed by atoms with E-state index in [1.165, 1.54) is 4.90 Å². The number of hydrogen-bond acceptors (Lipinski definition) is 4. The van der Waals surface area contributed by atoms with Crippen molar-refractivity contribution in [3.63, 3.8) is 0 Å². The normalized spacial score (nSPS) is 22.6. The predicted molar refractivity (Wildman–Crippen MR) is 98.8 cm³/mol. The molecule has 1 spiro atoms. The molecule has 1 aromatic carbocycles. The lowest BCUT2D eigenvalue weighted by atomic mass is 9.70. The number of benzene rings is 1. The minimum absolute atomic E-state index is 0.0147. The summed E-state index contributed by atoms with van der Waals surface area (Å²) in [6.45, 7) is 3.53. The molecular formula is C20H25FN4O. The minimum atomic E-state index is -0.755. The third kappa shape index (κ3) is 2.57. The van der Waals surface area contributed by atoms with Crippen molar-refractivity contribution >= 4 is 17.3 Å². The Kier molecular flexibility index (Phi) is 4.36. The number of piperazine rings is 1. The molecule has 2 heterocycles. The Morgan fingerprint density at radius 1 is 1.15 bits per heavy atom. The van der Waals surface area contributed by atoms with E-state index in [0.717, 1.165) is 51.1 Å². The highest BCUT2D eigenvalue weighted by atomic mass is 19.1. The third-order valence-corrected chi connectivity index (χ3v) is 6.28. The van der Waals surface area contributed by atoms with E-state index in [0.29, 0.717) is 24.1 Å². The van der Waals surface area contributed by atoms with E-state index in [-0.39, 0.29) is 18.3 Å². The van der Waals surface area contributed by atoms with Crippen LogP contribution in [0.3, 0.4) is 0 Å². The van der Waals surface area contributed by atoms with Crippen molar-refractivity contribution < 1.29 is 9.18 Å². The smallest absolute Gasteiger partial charge is 0.238 e. The lowest BCUT2D eigenvalue weighted by molar-refractivity contribution is -0.124. The van der Waals surface area contributed by atoms with Gasteiger partial charge in [0.25, 0.3) is 0 Å². The fourth-order valence-electron chi connectivity index (χ4n) is 4.83. The van der Waals surface area contributed by atoms with Crippen molar-refractivity contribution in [2.24, 2.45) is 0 Å². The number of hydrogen-bond donors (Lipinski definition) is 0. The van der Waals surface area contributed by atoms with Gasteiger partial charge in [-0.1, -0.05) is 19.3 Å². The summed E-state index contributed by atoms with van der Waals surface area (Å²) in [7, 11) is 2.08. The Labute approximate surface area is 154 Å². The van der Waals surface area contributed by atoms with Gasteiger partial charge in [-0.3, -0.25) is 9.69 Å². The Morgan fingerprint density at radius 3 is 2.50 bits per heavy atom. The second kappa shape index (κ2) is 6.55. The zero-order valence-electron chi connectivity index (χ0n) is 15.3. The summed E-state index contributed by atoms with van der Waals surface area (Å²) in [6, 6.07) is 5.62. The van der Waals surface area contributed by atoms with Crippen LogP contribution in [0.4, 0.5) is 15.8 Å². The average Bonchev–Trinajstić information content (AvgIpc) is 2.86. The molecule has 1 aromatic rings. The minimum Gasteiger partial charge on any atom is -0.369 e. The first-order valence-corrected chi connectivity index (χ1v) is 9.53. The van der Waals surface area contributed by atoms with Crippen LogP contribution in [0.25, 0.3) is 0 Å². The van der Waals surface area contributed by atoms with Crippen molar-refractivity contribution in [3.05, 3.63) is 23.5 Å². The highest BCUT2D eigenvalue weighted by molar-refractivity contribution is 6.09. The third-order valence-electron chi connectivity index (χ3n) is 6.28. The number of amides is 1. The highest BCUT2D eigenvalue weighted by Crippen LogP contribution is 2.52. The van der Waals surface area contributed by atoms with Crippen LogP contribution in [0.2, 0.25) is 0 Å². The molecule has 0 N–H and O–H groups in total. The summed E-state index contributed by atoms with van der Waals surface area (Å²) >= 11 is 0. The van der Waals surface area contributed by atoms with E-state index in [9.17, 15) is 10.1 Å². The topological polar surface area (TPSA) is 50.6 Å². The zero-order chi connectivity index (χ0) is 18.3. The Bertz CT molecular complexity index is 758. The van der Waals surface area contributed by atoms with Gasteiger partial charge < -0.3 is 9.80 Å². The van der Waals surface area contributed by atoms with E-state index in [1.807, 2.05) is 6.07 Å². The molecule has 0 bridgehead atoms. The van der Waals surface area contributed by atoms with Crippen LogP contribution in [0.5, 0.6) is 0 Å². The first kappa shape index (κ1) is 17.3. The van der Waals surface area contributed by atoms with Gasteiger partial charge in [0, 0.05) is 37.4 Å². The molecule has 1 saturated heterocycles. The Balaban J connectivity index is 1.78. The van der Waals surface area contributed by atoms with Crippen molar-refractivity contribution in [1.82, 2.24) is 4.90 Å². The number of carbonyl (C=O) groups excluding carboxylic acids is 1. The molecule has 3 aliphatic rings. The first-order valence-electron chi connectivity index (χ1n) is 9.53. The molecule has 4 rings (SSSR count). The van der Waals surface area contributed by atoms with E-state index >= 15 is 4.39 Å². The molecule has 2 fully saturated rings. The van der Waals surface area contributed by atoms with Gasteiger partial charge in [-0.05, 0) is 32.0 Å². The number of fused-ring (bicyclic) bond motifs is 2. The second-order valence-electron chi connectivity index (χ2n) is 7.80. The summed E-state index contributed by atoms with van der Waals surface area (Å²) in [5.41, 5.74) is 1.22.